The third-order valence-corrected chi connectivity index (χ3v) is 3.79. The van der Waals surface area contributed by atoms with Crippen LogP contribution in [-0.4, -0.2) is 25.0 Å². The minimum absolute atomic E-state index is 0.0453. The molecule has 3 N–H and O–H groups in total. The summed E-state index contributed by atoms with van der Waals surface area (Å²) in [5.41, 5.74) is 8.21. The number of aryl methyl sites for hydroxylation is 1. The molecule has 0 radical (unpaired) electrons. The molecule has 106 valence electrons. The van der Waals surface area contributed by atoms with Crippen LogP contribution in [0, 0.1) is 12.3 Å². The van der Waals surface area contributed by atoms with Crippen molar-refractivity contribution in [3.05, 3.63) is 39.8 Å². The molecule has 6 heteroatoms. The first-order valence-electron chi connectivity index (χ1n) is 6.16. The van der Waals surface area contributed by atoms with Crippen molar-refractivity contribution in [1.29, 1.82) is 5.41 Å². The normalized spacial score (nSPS) is 10.3. The summed E-state index contributed by atoms with van der Waals surface area (Å²) in [6.45, 7) is 2.65. The maximum atomic E-state index is 7.68. The van der Waals surface area contributed by atoms with Gasteiger partial charge in [0.2, 0.25) is 0 Å². The third kappa shape index (κ3) is 3.08. The summed E-state index contributed by atoms with van der Waals surface area (Å²) in [6, 6.07) is 5.50. The van der Waals surface area contributed by atoms with Crippen LogP contribution in [0.4, 0.5) is 5.69 Å². The molecule has 0 atom stereocenters. The Hall–Kier alpha value is -2.08. The highest BCUT2D eigenvalue weighted by molar-refractivity contribution is 7.09. The number of thiazole rings is 1. The number of nitrogens with two attached hydrogens (primary N) is 1. The van der Waals surface area contributed by atoms with Crippen LogP contribution in [0.15, 0.2) is 23.6 Å². The largest absolute Gasteiger partial charge is 0.497 e. The highest BCUT2D eigenvalue weighted by Crippen LogP contribution is 2.26. The lowest BCUT2D eigenvalue weighted by molar-refractivity contribution is 0.415. The molecule has 0 saturated carbocycles. The summed E-state index contributed by atoms with van der Waals surface area (Å²) in [6.07, 6.45) is 0. The number of nitrogen functional groups attached to an aromatic ring is 1. The van der Waals surface area contributed by atoms with E-state index in [2.05, 4.69) is 4.98 Å². The lowest BCUT2D eigenvalue weighted by Gasteiger charge is -2.22. The molecule has 1 aromatic heterocycles. The fraction of sp³-hybridized carbons (Fsp3) is 0.286. The quantitative estimate of drug-likeness (QED) is 0.655. The second-order valence-corrected chi connectivity index (χ2v) is 5.57. The van der Waals surface area contributed by atoms with E-state index in [0.717, 1.165) is 22.1 Å². The van der Waals surface area contributed by atoms with Gasteiger partial charge in [-0.3, -0.25) is 5.41 Å². The number of methoxy groups -OCH3 is 1. The minimum Gasteiger partial charge on any atom is -0.497 e. The van der Waals surface area contributed by atoms with Gasteiger partial charge in [0.05, 0.1) is 30.0 Å². The molecule has 0 fully saturated rings. The van der Waals surface area contributed by atoms with Crippen LogP contribution < -0.4 is 15.4 Å². The Morgan fingerprint density at radius 3 is 2.80 bits per heavy atom. The van der Waals surface area contributed by atoms with E-state index in [4.69, 9.17) is 15.9 Å². The SMILES string of the molecule is COc1ccc(C(=N)N)c(N(C)Cc2csc(C)n2)c1. The summed E-state index contributed by atoms with van der Waals surface area (Å²) in [4.78, 5) is 6.48. The van der Waals surface area contributed by atoms with Crippen LogP contribution in [0.3, 0.4) is 0 Å². The van der Waals surface area contributed by atoms with E-state index in [0.29, 0.717) is 12.1 Å². The number of nitrogens with zero attached hydrogens (tertiary/aromatic N) is 2. The molecular formula is C14H18N4OS. The van der Waals surface area contributed by atoms with E-state index in [1.54, 1.807) is 30.6 Å². The first kappa shape index (κ1) is 14.3. The summed E-state index contributed by atoms with van der Waals surface area (Å²) >= 11 is 1.63. The van der Waals surface area contributed by atoms with Crippen molar-refractivity contribution >= 4 is 22.9 Å². The molecule has 20 heavy (non-hydrogen) atoms. The standard InChI is InChI=1S/C14H18N4OS/c1-9-17-10(8-20-9)7-18(2)13-6-11(19-3)4-5-12(13)14(15)16/h4-6,8H,7H2,1-3H3,(H3,15,16). The predicted molar refractivity (Wildman–Crippen MR) is 83.0 cm³/mol. The Bertz CT molecular complexity index is 623. The number of rotatable bonds is 5. The molecule has 0 spiro atoms. The number of anilines is 1. The fourth-order valence-corrected chi connectivity index (χ4v) is 2.59. The van der Waals surface area contributed by atoms with E-state index in [9.17, 15) is 0 Å². The molecular weight excluding hydrogens is 272 g/mol. The monoisotopic (exact) mass is 290 g/mol. The van der Waals surface area contributed by atoms with Gasteiger partial charge in [0, 0.05) is 24.1 Å². The Balaban J connectivity index is 2.31. The average Bonchev–Trinajstić information content (AvgIpc) is 2.83. The smallest absolute Gasteiger partial charge is 0.124 e. The van der Waals surface area contributed by atoms with Gasteiger partial charge in [-0.25, -0.2) is 4.98 Å². The van der Waals surface area contributed by atoms with Gasteiger partial charge >= 0.3 is 0 Å². The van der Waals surface area contributed by atoms with Crippen molar-refractivity contribution in [2.75, 3.05) is 19.1 Å². The van der Waals surface area contributed by atoms with Gasteiger partial charge in [-0.2, -0.15) is 0 Å². The van der Waals surface area contributed by atoms with Crippen LogP contribution in [0.5, 0.6) is 5.75 Å². The van der Waals surface area contributed by atoms with Crippen molar-refractivity contribution in [3.8, 4) is 5.75 Å². The minimum atomic E-state index is 0.0453. The molecule has 0 saturated heterocycles. The molecule has 1 heterocycles. The number of hydrogen-bond donors (Lipinski definition) is 2. The van der Waals surface area contributed by atoms with Gasteiger partial charge in [0.25, 0.3) is 0 Å². The van der Waals surface area contributed by atoms with Crippen LogP contribution in [0.25, 0.3) is 0 Å². The van der Waals surface area contributed by atoms with Gasteiger partial charge in [0.15, 0.2) is 0 Å². The van der Waals surface area contributed by atoms with E-state index in [1.165, 1.54) is 0 Å². The van der Waals surface area contributed by atoms with Crippen molar-refractivity contribution in [2.24, 2.45) is 5.73 Å². The first-order chi connectivity index (χ1) is 9.51. The van der Waals surface area contributed by atoms with Crippen LogP contribution in [0.2, 0.25) is 0 Å². The molecule has 0 aliphatic heterocycles. The number of benzene rings is 1. The van der Waals surface area contributed by atoms with Gasteiger partial charge in [-0.15, -0.1) is 11.3 Å². The maximum Gasteiger partial charge on any atom is 0.124 e. The predicted octanol–water partition coefficient (Wildman–Crippen LogP) is 2.38. The molecule has 0 aliphatic rings. The summed E-state index contributed by atoms with van der Waals surface area (Å²) < 4.78 is 5.24. The molecule has 0 unspecified atom stereocenters. The van der Waals surface area contributed by atoms with E-state index in [-0.39, 0.29) is 5.84 Å². The van der Waals surface area contributed by atoms with Crippen molar-refractivity contribution in [1.82, 2.24) is 4.98 Å². The van der Waals surface area contributed by atoms with Crippen molar-refractivity contribution < 1.29 is 4.74 Å². The third-order valence-electron chi connectivity index (χ3n) is 2.97. The number of ether oxygens (including phenoxy) is 1. The highest BCUT2D eigenvalue weighted by atomic mass is 32.1. The van der Waals surface area contributed by atoms with Crippen molar-refractivity contribution in [2.45, 2.75) is 13.5 Å². The Labute approximate surface area is 122 Å². The number of nitrogens with one attached hydrogen (secondary N) is 1. The molecule has 1 aromatic carbocycles. The zero-order valence-corrected chi connectivity index (χ0v) is 12.6. The molecule has 0 bridgehead atoms. The summed E-state index contributed by atoms with van der Waals surface area (Å²) in [5.74, 6) is 0.787. The lowest BCUT2D eigenvalue weighted by Crippen LogP contribution is -2.22. The number of hydrogen-bond acceptors (Lipinski definition) is 5. The highest BCUT2D eigenvalue weighted by Gasteiger charge is 2.12. The molecule has 5 nitrogen and oxygen atoms in total. The summed E-state index contributed by atoms with van der Waals surface area (Å²) in [7, 11) is 3.58. The maximum absolute atomic E-state index is 7.68. The van der Waals surface area contributed by atoms with E-state index >= 15 is 0 Å². The molecule has 2 rings (SSSR count). The van der Waals surface area contributed by atoms with E-state index in [1.807, 2.05) is 30.3 Å². The Morgan fingerprint density at radius 2 is 2.25 bits per heavy atom. The van der Waals surface area contributed by atoms with E-state index < -0.39 is 0 Å². The average molecular weight is 290 g/mol. The van der Waals surface area contributed by atoms with Gasteiger partial charge in [-0.1, -0.05) is 0 Å². The molecule has 2 aromatic rings. The zero-order valence-electron chi connectivity index (χ0n) is 11.8. The summed E-state index contributed by atoms with van der Waals surface area (Å²) in [5, 5.41) is 10.8. The first-order valence-corrected chi connectivity index (χ1v) is 7.04. The number of amidine groups is 1. The lowest BCUT2D eigenvalue weighted by atomic mass is 10.1. The fourth-order valence-electron chi connectivity index (χ4n) is 1.99. The molecule has 0 amide bonds. The second kappa shape index (κ2) is 5.92. The topological polar surface area (TPSA) is 75.2 Å². The molecule has 0 aliphatic carbocycles. The van der Waals surface area contributed by atoms with Gasteiger partial charge in [0.1, 0.15) is 11.6 Å². The zero-order chi connectivity index (χ0) is 14.7. The van der Waals surface area contributed by atoms with Crippen LogP contribution >= 0.6 is 11.3 Å². The Morgan fingerprint density at radius 1 is 1.50 bits per heavy atom. The Kier molecular flexibility index (Phi) is 4.24. The van der Waals surface area contributed by atoms with Crippen LogP contribution in [0.1, 0.15) is 16.3 Å². The van der Waals surface area contributed by atoms with Gasteiger partial charge in [-0.05, 0) is 19.1 Å². The van der Waals surface area contributed by atoms with Crippen LogP contribution in [-0.2, 0) is 6.54 Å². The van der Waals surface area contributed by atoms with Crippen molar-refractivity contribution in [3.63, 3.8) is 0 Å². The van der Waals surface area contributed by atoms with Gasteiger partial charge < -0.3 is 15.4 Å². The second-order valence-electron chi connectivity index (χ2n) is 4.51. The number of aromatic nitrogens is 1.